The molecule has 3 aromatic heterocycles. The van der Waals surface area contributed by atoms with Gasteiger partial charge in [0.05, 0.1) is 24.1 Å². The maximum absolute atomic E-state index is 14.5. The van der Waals surface area contributed by atoms with Gasteiger partial charge in [-0.1, -0.05) is 0 Å². The van der Waals surface area contributed by atoms with Gasteiger partial charge in [-0.15, -0.1) is 0 Å². The number of nitrogens with one attached hydrogen (secondary N) is 1. The minimum absolute atomic E-state index is 0.0675. The molecule has 12 heteroatoms. The molecule has 34 heavy (non-hydrogen) atoms. The Morgan fingerprint density at radius 2 is 2.03 bits per heavy atom. The standard InChI is InChI=1S/C22H22FN7O3S/c1-14-21(34(32,33)30-6-5-29-13-25-8-15(29)11-30)7-20(28(14)2)22(31)26-10-16-17-9-24-12-27-19(17)4-3-18(16)23/h3-4,7-9,12-13H,5-6,10-11H2,1-2H3,(H,26,31). The van der Waals surface area contributed by atoms with Gasteiger partial charge in [-0.05, 0) is 25.1 Å². The molecule has 5 rings (SSSR count). The van der Waals surface area contributed by atoms with E-state index in [2.05, 4.69) is 20.3 Å². The van der Waals surface area contributed by atoms with Crippen LogP contribution in [0.3, 0.4) is 0 Å². The second kappa shape index (κ2) is 8.29. The van der Waals surface area contributed by atoms with Gasteiger partial charge in [0, 0.05) is 55.7 Å². The number of fused-ring (bicyclic) bond motifs is 2. The van der Waals surface area contributed by atoms with Crippen LogP contribution in [0.2, 0.25) is 0 Å². The number of hydrogen-bond donors (Lipinski definition) is 1. The molecule has 0 fully saturated rings. The molecule has 176 valence electrons. The molecule has 1 aliphatic rings. The van der Waals surface area contributed by atoms with E-state index in [9.17, 15) is 17.6 Å². The van der Waals surface area contributed by atoms with E-state index < -0.39 is 21.7 Å². The van der Waals surface area contributed by atoms with E-state index in [-0.39, 0.29) is 29.2 Å². The van der Waals surface area contributed by atoms with Gasteiger partial charge >= 0.3 is 0 Å². The fraction of sp³-hybridized carbons (Fsp3) is 0.273. The van der Waals surface area contributed by atoms with Crippen molar-refractivity contribution in [2.75, 3.05) is 6.54 Å². The van der Waals surface area contributed by atoms with E-state index in [1.807, 2.05) is 4.57 Å². The number of aromatic nitrogens is 5. The summed E-state index contributed by atoms with van der Waals surface area (Å²) >= 11 is 0. The monoisotopic (exact) mass is 483 g/mol. The molecule has 0 aliphatic carbocycles. The molecule has 0 saturated heterocycles. The third-order valence-electron chi connectivity index (χ3n) is 6.24. The van der Waals surface area contributed by atoms with Crippen LogP contribution in [0.5, 0.6) is 0 Å². The summed E-state index contributed by atoms with van der Waals surface area (Å²) in [5, 5.41) is 3.19. The van der Waals surface area contributed by atoms with Gasteiger partial charge in [-0.3, -0.25) is 4.79 Å². The lowest BCUT2D eigenvalue weighted by atomic mass is 10.1. The molecule has 0 bridgehead atoms. The highest BCUT2D eigenvalue weighted by molar-refractivity contribution is 7.89. The van der Waals surface area contributed by atoms with Gasteiger partial charge in [0.1, 0.15) is 22.7 Å². The number of sulfonamides is 1. The minimum Gasteiger partial charge on any atom is -0.347 e. The van der Waals surface area contributed by atoms with Crippen molar-refractivity contribution in [1.82, 2.24) is 33.7 Å². The zero-order valence-electron chi connectivity index (χ0n) is 18.6. The summed E-state index contributed by atoms with van der Waals surface area (Å²) in [6.45, 7) is 2.58. The van der Waals surface area contributed by atoms with Crippen molar-refractivity contribution in [1.29, 1.82) is 0 Å². The Kier molecular flexibility index (Phi) is 5.41. The van der Waals surface area contributed by atoms with E-state index >= 15 is 0 Å². The van der Waals surface area contributed by atoms with Gasteiger partial charge in [-0.2, -0.15) is 4.31 Å². The largest absolute Gasteiger partial charge is 0.347 e. The fourth-order valence-electron chi connectivity index (χ4n) is 4.18. The number of nitrogens with zero attached hydrogens (tertiary/aromatic N) is 6. The predicted octanol–water partition coefficient (Wildman–Crippen LogP) is 1.75. The first-order valence-electron chi connectivity index (χ1n) is 10.6. The first-order valence-corrected chi connectivity index (χ1v) is 12.0. The topological polar surface area (TPSA) is 115 Å². The van der Waals surface area contributed by atoms with Crippen molar-refractivity contribution in [2.45, 2.75) is 31.5 Å². The third kappa shape index (κ3) is 3.64. The molecular formula is C22H22FN7O3S. The molecule has 0 atom stereocenters. The zero-order valence-corrected chi connectivity index (χ0v) is 19.4. The normalized spacial score (nSPS) is 14.3. The summed E-state index contributed by atoms with van der Waals surface area (Å²) in [5.74, 6) is -1.00. The predicted molar refractivity (Wildman–Crippen MR) is 121 cm³/mol. The van der Waals surface area contributed by atoms with Crippen LogP contribution in [0.15, 0.2) is 48.1 Å². The molecule has 4 aromatic rings. The van der Waals surface area contributed by atoms with Crippen molar-refractivity contribution in [3.05, 3.63) is 71.7 Å². The molecule has 1 aliphatic heterocycles. The minimum atomic E-state index is -3.84. The molecule has 0 saturated carbocycles. The average Bonchev–Trinajstić information content (AvgIpc) is 3.42. The lowest BCUT2D eigenvalue weighted by Gasteiger charge is -2.27. The van der Waals surface area contributed by atoms with Gasteiger partial charge in [-0.25, -0.2) is 27.8 Å². The van der Waals surface area contributed by atoms with Gasteiger partial charge < -0.3 is 14.5 Å². The number of halogens is 1. The highest BCUT2D eigenvalue weighted by Gasteiger charge is 2.32. The first kappa shape index (κ1) is 22.2. The van der Waals surface area contributed by atoms with Gasteiger partial charge in [0.2, 0.25) is 10.0 Å². The van der Waals surface area contributed by atoms with E-state index in [0.29, 0.717) is 29.7 Å². The Balaban J connectivity index is 1.40. The van der Waals surface area contributed by atoms with Crippen molar-refractivity contribution >= 4 is 26.8 Å². The van der Waals surface area contributed by atoms with Gasteiger partial charge in [0.15, 0.2) is 0 Å². The van der Waals surface area contributed by atoms with Crippen molar-refractivity contribution in [3.8, 4) is 0 Å². The summed E-state index contributed by atoms with van der Waals surface area (Å²) in [6.07, 6.45) is 6.19. The van der Waals surface area contributed by atoms with Crippen LogP contribution < -0.4 is 5.32 Å². The molecule has 1 amide bonds. The van der Waals surface area contributed by atoms with Crippen molar-refractivity contribution in [2.24, 2.45) is 7.05 Å². The van der Waals surface area contributed by atoms with Gasteiger partial charge in [0.25, 0.3) is 5.91 Å². The van der Waals surface area contributed by atoms with E-state index in [1.165, 1.54) is 33.5 Å². The summed E-state index contributed by atoms with van der Waals surface area (Å²) in [6, 6.07) is 4.20. The summed E-state index contributed by atoms with van der Waals surface area (Å²) in [5.41, 5.74) is 2.23. The van der Waals surface area contributed by atoms with Crippen LogP contribution in [-0.4, -0.2) is 49.3 Å². The average molecular weight is 484 g/mol. The van der Waals surface area contributed by atoms with E-state index in [4.69, 9.17) is 0 Å². The van der Waals surface area contributed by atoms with E-state index in [1.54, 1.807) is 32.6 Å². The Labute approximate surface area is 195 Å². The summed E-state index contributed by atoms with van der Waals surface area (Å²) in [4.78, 5) is 25.2. The second-order valence-corrected chi connectivity index (χ2v) is 10.0. The third-order valence-corrected chi connectivity index (χ3v) is 8.20. The molecular weight excluding hydrogens is 461 g/mol. The quantitative estimate of drug-likeness (QED) is 0.463. The van der Waals surface area contributed by atoms with Crippen LogP contribution in [0, 0.1) is 12.7 Å². The summed E-state index contributed by atoms with van der Waals surface area (Å²) in [7, 11) is -2.21. The smallest absolute Gasteiger partial charge is 0.268 e. The highest BCUT2D eigenvalue weighted by Crippen LogP contribution is 2.27. The molecule has 0 spiro atoms. The SMILES string of the molecule is Cc1c(S(=O)(=O)N2CCn3cncc3C2)cc(C(=O)NCc2c(F)ccc3ncncc23)n1C. The van der Waals surface area contributed by atoms with E-state index in [0.717, 1.165) is 5.69 Å². The molecule has 1 aromatic carbocycles. The Morgan fingerprint density at radius 3 is 2.85 bits per heavy atom. The van der Waals surface area contributed by atoms with Crippen molar-refractivity contribution < 1.29 is 17.6 Å². The van der Waals surface area contributed by atoms with Crippen molar-refractivity contribution in [3.63, 3.8) is 0 Å². The number of carbonyl (C=O) groups is 1. The number of rotatable bonds is 5. The zero-order chi connectivity index (χ0) is 24.0. The molecule has 0 unspecified atom stereocenters. The number of amides is 1. The van der Waals surface area contributed by atoms with Crippen LogP contribution in [0.4, 0.5) is 4.39 Å². The Morgan fingerprint density at radius 1 is 1.21 bits per heavy atom. The number of imidazole rings is 1. The lowest BCUT2D eigenvalue weighted by molar-refractivity contribution is 0.0942. The first-order chi connectivity index (χ1) is 16.3. The highest BCUT2D eigenvalue weighted by atomic mass is 32.2. The number of hydrogen-bond acceptors (Lipinski definition) is 6. The fourth-order valence-corrected chi connectivity index (χ4v) is 5.85. The van der Waals surface area contributed by atoms with Crippen LogP contribution in [0.25, 0.3) is 10.9 Å². The maximum Gasteiger partial charge on any atom is 0.268 e. The molecule has 1 N–H and O–H groups in total. The lowest BCUT2D eigenvalue weighted by Crippen LogP contribution is -2.38. The molecule has 0 radical (unpaired) electrons. The Bertz CT molecular complexity index is 1530. The van der Waals surface area contributed by atoms with Crippen LogP contribution in [0.1, 0.15) is 27.4 Å². The summed E-state index contributed by atoms with van der Waals surface area (Å²) < 4.78 is 46.1. The molecule has 4 heterocycles. The maximum atomic E-state index is 14.5. The molecule has 10 nitrogen and oxygen atoms in total. The number of carbonyl (C=O) groups excluding carboxylic acids is 1. The Hall–Kier alpha value is -3.64. The number of benzene rings is 1. The van der Waals surface area contributed by atoms with Crippen LogP contribution in [-0.2, 0) is 36.7 Å². The second-order valence-electron chi connectivity index (χ2n) is 8.12. The van der Waals surface area contributed by atoms with Crippen LogP contribution >= 0.6 is 0 Å².